The van der Waals surface area contributed by atoms with Crippen LogP contribution in [0.2, 0.25) is 0 Å². The third kappa shape index (κ3) is 4.47. The highest BCUT2D eigenvalue weighted by Crippen LogP contribution is 2.70. The molecule has 5 rings (SSSR count). The Labute approximate surface area is 212 Å². The molecule has 1 saturated heterocycles. The molecule has 1 spiro atoms. The summed E-state index contributed by atoms with van der Waals surface area (Å²) < 4.78 is 5.46. The van der Waals surface area contributed by atoms with Gasteiger partial charge >= 0.3 is 5.97 Å². The van der Waals surface area contributed by atoms with Crippen LogP contribution in [0.4, 0.5) is 0 Å². The topological polar surface area (TPSA) is 90.4 Å². The molecule has 3 unspecified atom stereocenters. The van der Waals surface area contributed by atoms with Crippen molar-refractivity contribution in [2.45, 2.75) is 116 Å². The summed E-state index contributed by atoms with van der Waals surface area (Å²) in [6.07, 6.45) is 18.8. The largest absolute Gasteiger partial charge is 0.466 e. The van der Waals surface area contributed by atoms with Crippen LogP contribution >= 0.6 is 0 Å². The van der Waals surface area contributed by atoms with E-state index in [2.05, 4.69) is 37.5 Å². The van der Waals surface area contributed by atoms with E-state index in [9.17, 15) is 9.90 Å². The Bertz CT molecular complexity index is 834. The number of aliphatic hydroxyl groups excluding tert-OH is 1. The van der Waals surface area contributed by atoms with E-state index in [4.69, 9.17) is 11.2 Å². The highest BCUT2D eigenvalue weighted by Gasteiger charge is 2.69. The molecule has 196 valence electrons. The van der Waals surface area contributed by atoms with E-state index in [0.717, 1.165) is 56.3 Å². The summed E-state index contributed by atoms with van der Waals surface area (Å²) in [6, 6.07) is 0. The molecule has 5 heteroatoms. The summed E-state index contributed by atoms with van der Waals surface area (Å²) in [7, 11) is 0. The smallest absolute Gasteiger partial charge is 0.305 e. The molecule has 5 nitrogen and oxygen atoms in total. The van der Waals surface area contributed by atoms with Crippen molar-refractivity contribution in [1.29, 1.82) is 0 Å². The fraction of sp³-hybridized carbons (Fsp3) is 0.900. The molecule has 0 aromatic carbocycles. The Morgan fingerprint density at radius 1 is 1.11 bits per heavy atom. The molecule has 4 aliphatic carbocycles. The minimum absolute atomic E-state index is 0.0421. The van der Waals surface area contributed by atoms with Gasteiger partial charge in [-0.15, -0.1) is 12.3 Å². The van der Waals surface area contributed by atoms with E-state index >= 15 is 0 Å². The van der Waals surface area contributed by atoms with Gasteiger partial charge in [0.05, 0.1) is 18.4 Å². The maximum atomic E-state index is 12.3. The van der Waals surface area contributed by atoms with Crippen molar-refractivity contribution in [2.75, 3.05) is 6.61 Å². The SMILES string of the molecule is C#CCCCCOC(=O)CC[C@@H](C)[C@H]1CCC2C3CC4(NN4)[C@H]4C[C@@H](O)CC[C@]4(C)C3CC[C@@]21C. The van der Waals surface area contributed by atoms with E-state index < -0.39 is 0 Å². The monoisotopic (exact) mass is 484 g/mol. The first kappa shape index (κ1) is 25.6. The van der Waals surface area contributed by atoms with Crippen LogP contribution < -0.4 is 10.9 Å². The fourth-order valence-corrected chi connectivity index (χ4v) is 9.89. The van der Waals surface area contributed by atoms with E-state index in [1.807, 2.05) is 0 Å². The predicted molar refractivity (Wildman–Crippen MR) is 138 cm³/mol. The van der Waals surface area contributed by atoms with Crippen LogP contribution in [-0.4, -0.2) is 29.4 Å². The number of hydrazine groups is 1. The summed E-state index contributed by atoms with van der Waals surface area (Å²) in [5.41, 5.74) is 7.95. The van der Waals surface area contributed by atoms with Gasteiger partial charge in [-0.2, -0.15) is 0 Å². The Morgan fingerprint density at radius 2 is 1.86 bits per heavy atom. The van der Waals surface area contributed by atoms with E-state index in [1.54, 1.807) is 0 Å². The lowest BCUT2D eigenvalue weighted by atomic mass is 9.42. The van der Waals surface area contributed by atoms with Gasteiger partial charge in [0.2, 0.25) is 0 Å². The van der Waals surface area contributed by atoms with Crippen LogP contribution in [-0.2, 0) is 9.53 Å². The Kier molecular flexibility index (Phi) is 7.05. The van der Waals surface area contributed by atoms with Gasteiger partial charge in [0.15, 0.2) is 0 Å². The quantitative estimate of drug-likeness (QED) is 0.191. The van der Waals surface area contributed by atoms with Gasteiger partial charge in [0, 0.05) is 18.8 Å². The van der Waals surface area contributed by atoms with Crippen LogP contribution in [0.3, 0.4) is 0 Å². The molecular formula is C30H48N2O3. The van der Waals surface area contributed by atoms with Crippen LogP contribution in [0.15, 0.2) is 0 Å². The molecule has 0 aromatic heterocycles. The summed E-state index contributed by atoms with van der Waals surface area (Å²) in [5.74, 6) is 6.72. The van der Waals surface area contributed by atoms with Crippen molar-refractivity contribution in [3.05, 3.63) is 0 Å². The van der Waals surface area contributed by atoms with Gasteiger partial charge < -0.3 is 9.84 Å². The molecule has 0 bridgehead atoms. The van der Waals surface area contributed by atoms with Gasteiger partial charge in [0.25, 0.3) is 0 Å². The Morgan fingerprint density at radius 3 is 2.60 bits per heavy atom. The first-order chi connectivity index (χ1) is 16.7. The first-order valence-corrected chi connectivity index (χ1v) is 14.5. The molecule has 1 heterocycles. The zero-order valence-electron chi connectivity index (χ0n) is 22.3. The summed E-state index contributed by atoms with van der Waals surface area (Å²) >= 11 is 0. The van der Waals surface area contributed by atoms with Crippen LogP contribution in [0.5, 0.6) is 0 Å². The van der Waals surface area contributed by atoms with Crippen molar-refractivity contribution < 1.29 is 14.6 Å². The van der Waals surface area contributed by atoms with Crippen molar-refractivity contribution in [2.24, 2.45) is 46.3 Å². The molecule has 0 amide bonds. The number of aliphatic hydroxyl groups is 1. The molecular weight excluding hydrogens is 436 g/mol. The molecule has 35 heavy (non-hydrogen) atoms. The van der Waals surface area contributed by atoms with E-state index in [0.29, 0.717) is 41.6 Å². The lowest BCUT2D eigenvalue weighted by Crippen LogP contribution is -2.61. The number of hydrogen-bond donors (Lipinski definition) is 3. The molecule has 5 fully saturated rings. The number of terminal acetylenes is 1. The lowest BCUT2D eigenvalue weighted by molar-refractivity contribution is -0.147. The number of fused-ring (bicyclic) bond motifs is 6. The normalized spacial score (nSPS) is 44.0. The highest BCUT2D eigenvalue weighted by molar-refractivity contribution is 5.69. The molecule has 1 aliphatic heterocycles. The fourth-order valence-electron chi connectivity index (χ4n) is 9.89. The predicted octanol–water partition coefficient (Wildman–Crippen LogP) is 5.18. The summed E-state index contributed by atoms with van der Waals surface area (Å²) in [4.78, 5) is 12.3. The number of esters is 1. The molecule has 5 aliphatic rings. The zero-order valence-corrected chi connectivity index (χ0v) is 22.3. The second-order valence-corrected chi connectivity index (χ2v) is 13.4. The van der Waals surface area contributed by atoms with Gasteiger partial charge in [-0.3, -0.25) is 4.79 Å². The first-order valence-electron chi connectivity index (χ1n) is 14.5. The maximum Gasteiger partial charge on any atom is 0.305 e. The third-order valence-electron chi connectivity index (χ3n) is 11.7. The average Bonchev–Trinajstić information content (AvgIpc) is 3.50. The summed E-state index contributed by atoms with van der Waals surface area (Å²) in [5, 5.41) is 10.5. The molecule has 4 saturated carbocycles. The van der Waals surface area contributed by atoms with Crippen LogP contribution in [0, 0.1) is 58.7 Å². The van der Waals surface area contributed by atoms with Crippen molar-refractivity contribution >= 4 is 5.97 Å². The molecule has 3 N–H and O–H groups in total. The molecule has 0 aromatic rings. The van der Waals surface area contributed by atoms with Crippen molar-refractivity contribution in [3.8, 4) is 12.3 Å². The number of rotatable bonds is 8. The zero-order chi connectivity index (χ0) is 24.8. The molecule has 0 radical (unpaired) electrons. The van der Waals surface area contributed by atoms with Crippen LogP contribution in [0.1, 0.15) is 104 Å². The maximum absolute atomic E-state index is 12.3. The highest BCUT2D eigenvalue weighted by atomic mass is 16.5. The van der Waals surface area contributed by atoms with Gasteiger partial charge in [-0.05, 0) is 111 Å². The minimum atomic E-state index is -0.133. The van der Waals surface area contributed by atoms with Gasteiger partial charge in [-0.1, -0.05) is 20.8 Å². The van der Waals surface area contributed by atoms with E-state index in [-0.39, 0.29) is 17.7 Å². The second kappa shape index (κ2) is 9.66. The third-order valence-corrected chi connectivity index (χ3v) is 11.7. The number of hydrogen-bond acceptors (Lipinski definition) is 5. The number of nitrogens with one attached hydrogen (secondary N) is 2. The van der Waals surface area contributed by atoms with E-state index in [1.165, 1.54) is 38.5 Å². The number of carbonyl (C=O) groups excluding carboxylic acids is 1. The van der Waals surface area contributed by atoms with Crippen LogP contribution in [0.25, 0.3) is 0 Å². The van der Waals surface area contributed by atoms with Crippen molar-refractivity contribution in [3.63, 3.8) is 0 Å². The number of unbranched alkanes of at least 4 members (excludes halogenated alkanes) is 2. The Balaban J connectivity index is 1.21. The molecule has 9 atom stereocenters. The second-order valence-electron chi connectivity index (χ2n) is 13.4. The van der Waals surface area contributed by atoms with Gasteiger partial charge in [-0.25, -0.2) is 10.9 Å². The standard InChI is InChI=1S/C30H48N2O3/c1-5-6-7-8-17-35-27(34)12-9-20(2)23-10-11-24-22-19-30(31-32-30)26-18-21(33)13-15-29(26,4)25(22)14-16-28(23,24)3/h1,20-26,31-33H,6-19H2,2-4H3/t20-,21+,22?,23-,24?,25?,26+,28-,29-/m1/s1. The average molecular weight is 485 g/mol. The lowest BCUT2D eigenvalue weighted by Gasteiger charge is -2.62. The van der Waals surface area contributed by atoms with Crippen molar-refractivity contribution in [1.82, 2.24) is 10.9 Å². The minimum Gasteiger partial charge on any atom is -0.466 e. The number of ether oxygens (including phenoxy) is 1. The summed E-state index contributed by atoms with van der Waals surface area (Å²) in [6.45, 7) is 8.03. The Hall–Kier alpha value is -1.09. The number of carbonyl (C=O) groups is 1. The van der Waals surface area contributed by atoms with Gasteiger partial charge in [0.1, 0.15) is 0 Å².